The summed E-state index contributed by atoms with van der Waals surface area (Å²) in [5.41, 5.74) is 0. The fourth-order valence-electron chi connectivity index (χ4n) is 1.18. The number of allylic oxidation sites excluding steroid dienone is 2. The Morgan fingerprint density at radius 3 is 2.73 bits per heavy atom. The third-order valence-electron chi connectivity index (χ3n) is 1.90. The van der Waals surface area contributed by atoms with Crippen LogP contribution in [-0.4, -0.2) is 6.54 Å². The largest absolute Gasteiger partial charge is 0.441 e. The lowest BCUT2D eigenvalue weighted by Gasteiger charge is -2.13. The van der Waals surface area contributed by atoms with Crippen LogP contribution in [0.3, 0.4) is 0 Å². The van der Waals surface area contributed by atoms with Crippen LogP contribution in [0.25, 0.3) is 0 Å². The van der Waals surface area contributed by atoms with Crippen molar-refractivity contribution in [2.45, 2.75) is 0 Å². The van der Waals surface area contributed by atoms with E-state index in [-0.39, 0.29) is 0 Å². The molecule has 0 saturated carbocycles. The predicted molar refractivity (Wildman–Crippen MR) is 62.3 cm³/mol. The number of benzene rings is 1. The van der Waals surface area contributed by atoms with E-state index in [9.17, 15) is 0 Å². The van der Waals surface area contributed by atoms with Crippen LogP contribution in [0.5, 0.6) is 5.75 Å². The Morgan fingerprint density at radius 2 is 2.07 bits per heavy atom. The van der Waals surface area contributed by atoms with Crippen molar-refractivity contribution in [3.05, 3.63) is 52.4 Å². The lowest BCUT2D eigenvalue weighted by atomic mass is 10.3. The van der Waals surface area contributed by atoms with Gasteiger partial charge in [-0.15, -0.1) is 0 Å². The van der Waals surface area contributed by atoms with Gasteiger partial charge in [0.2, 0.25) is 0 Å². The highest BCUT2D eigenvalue weighted by molar-refractivity contribution is 6.42. The van der Waals surface area contributed by atoms with Crippen molar-refractivity contribution < 1.29 is 4.74 Å². The minimum absolute atomic E-state index is 0.487. The van der Waals surface area contributed by atoms with Gasteiger partial charge in [-0.1, -0.05) is 35.4 Å². The highest BCUT2D eigenvalue weighted by Gasteiger charge is 2.04. The van der Waals surface area contributed by atoms with Crippen molar-refractivity contribution in [1.82, 2.24) is 5.32 Å². The normalized spacial score (nSPS) is 14.4. The van der Waals surface area contributed by atoms with Crippen molar-refractivity contribution in [3.63, 3.8) is 0 Å². The molecule has 2 rings (SSSR count). The molecule has 0 atom stereocenters. The summed E-state index contributed by atoms with van der Waals surface area (Å²) in [4.78, 5) is 0. The summed E-state index contributed by atoms with van der Waals surface area (Å²) in [5, 5.41) is 4.09. The van der Waals surface area contributed by atoms with E-state index >= 15 is 0 Å². The maximum Gasteiger partial charge on any atom is 0.193 e. The molecule has 1 N–H and O–H groups in total. The first-order valence-electron chi connectivity index (χ1n) is 4.49. The Labute approximate surface area is 98.1 Å². The van der Waals surface area contributed by atoms with Crippen LogP contribution in [0.4, 0.5) is 0 Å². The van der Waals surface area contributed by atoms with Gasteiger partial charge in [0, 0.05) is 12.6 Å². The molecule has 15 heavy (non-hydrogen) atoms. The Kier molecular flexibility index (Phi) is 3.19. The summed E-state index contributed by atoms with van der Waals surface area (Å²) in [7, 11) is 0. The van der Waals surface area contributed by atoms with E-state index in [4.69, 9.17) is 27.9 Å². The summed E-state index contributed by atoms with van der Waals surface area (Å²) >= 11 is 11.7. The molecule has 1 aliphatic heterocycles. The van der Waals surface area contributed by atoms with Crippen LogP contribution in [0.1, 0.15) is 0 Å². The zero-order chi connectivity index (χ0) is 10.7. The Bertz CT molecular complexity index is 427. The molecule has 78 valence electrons. The Balaban J connectivity index is 2.14. The van der Waals surface area contributed by atoms with E-state index in [1.807, 2.05) is 18.2 Å². The van der Waals surface area contributed by atoms with Crippen molar-refractivity contribution in [2.75, 3.05) is 6.54 Å². The van der Waals surface area contributed by atoms with Gasteiger partial charge in [0.25, 0.3) is 0 Å². The van der Waals surface area contributed by atoms with E-state index in [0.29, 0.717) is 21.7 Å². The molecule has 1 heterocycles. The molecule has 0 radical (unpaired) electrons. The van der Waals surface area contributed by atoms with Gasteiger partial charge in [0.15, 0.2) is 5.88 Å². The average molecular weight is 242 g/mol. The van der Waals surface area contributed by atoms with Crippen molar-refractivity contribution in [3.8, 4) is 5.75 Å². The minimum Gasteiger partial charge on any atom is -0.441 e. The number of halogens is 2. The van der Waals surface area contributed by atoms with Gasteiger partial charge >= 0.3 is 0 Å². The fourth-order valence-corrected chi connectivity index (χ4v) is 1.47. The Hall–Kier alpha value is -1.12. The number of nitrogens with one attached hydrogen (secondary N) is 1. The molecule has 4 heteroatoms. The number of dihydropyridines is 1. The molecular formula is C11H9Cl2NO. The van der Waals surface area contributed by atoms with Crippen molar-refractivity contribution in [2.24, 2.45) is 0 Å². The first-order valence-corrected chi connectivity index (χ1v) is 5.25. The van der Waals surface area contributed by atoms with E-state index in [1.165, 1.54) is 0 Å². The quantitative estimate of drug-likeness (QED) is 0.858. The highest BCUT2D eigenvalue weighted by atomic mass is 35.5. The van der Waals surface area contributed by atoms with Crippen LogP contribution >= 0.6 is 23.2 Å². The van der Waals surface area contributed by atoms with Crippen molar-refractivity contribution >= 4 is 23.2 Å². The third-order valence-corrected chi connectivity index (χ3v) is 2.64. The number of hydrogen-bond acceptors (Lipinski definition) is 2. The maximum atomic E-state index is 5.87. The van der Waals surface area contributed by atoms with Gasteiger partial charge < -0.3 is 10.1 Å². The Morgan fingerprint density at radius 1 is 1.20 bits per heavy atom. The van der Waals surface area contributed by atoms with Crippen LogP contribution in [0.2, 0.25) is 10.0 Å². The van der Waals surface area contributed by atoms with Gasteiger partial charge in [-0.3, -0.25) is 0 Å². The van der Waals surface area contributed by atoms with Gasteiger partial charge in [-0.05, 0) is 18.2 Å². The second-order valence-corrected chi connectivity index (χ2v) is 3.83. The van der Waals surface area contributed by atoms with E-state index in [1.54, 1.807) is 18.2 Å². The molecule has 0 fully saturated rings. The zero-order valence-electron chi connectivity index (χ0n) is 7.84. The number of rotatable bonds is 2. The smallest absolute Gasteiger partial charge is 0.193 e. The summed E-state index contributed by atoms with van der Waals surface area (Å²) in [6.07, 6.45) is 5.79. The number of hydrogen-bond donors (Lipinski definition) is 1. The van der Waals surface area contributed by atoms with Gasteiger partial charge in [0.05, 0.1) is 10.0 Å². The summed E-state index contributed by atoms with van der Waals surface area (Å²) in [5.74, 6) is 1.37. The molecule has 0 unspecified atom stereocenters. The molecular weight excluding hydrogens is 233 g/mol. The predicted octanol–water partition coefficient (Wildman–Crippen LogP) is 3.37. The van der Waals surface area contributed by atoms with Crippen molar-refractivity contribution in [1.29, 1.82) is 0 Å². The lowest BCUT2D eigenvalue weighted by Crippen LogP contribution is -2.19. The molecule has 0 amide bonds. The molecule has 1 aliphatic rings. The second-order valence-electron chi connectivity index (χ2n) is 3.02. The lowest BCUT2D eigenvalue weighted by molar-refractivity contribution is 0.385. The van der Waals surface area contributed by atoms with Crippen LogP contribution in [0.15, 0.2) is 42.3 Å². The highest BCUT2D eigenvalue weighted by Crippen LogP contribution is 2.27. The molecule has 0 spiro atoms. The zero-order valence-corrected chi connectivity index (χ0v) is 9.35. The van der Waals surface area contributed by atoms with Gasteiger partial charge in [-0.25, -0.2) is 0 Å². The van der Waals surface area contributed by atoms with Crippen LogP contribution in [-0.2, 0) is 0 Å². The topological polar surface area (TPSA) is 21.3 Å². The van der Waals surface area contributed by atoms with Gasteiger partial charge in [0.1, 0.15) is 5.75 Å². The van der Waals surface area contributed by atoms with E-state index in [0.717, 1.165) is 6.54 Å². The average Bonchev–Trinajstić information content (AvgIpc) is 2.25. The fraction of sp³-hybridized carbons (Fsp3) is 0.0909. The van der Waals surface area contributed by atoms with E-state index < -0.39 is 0 Å². The maximum absolute atomic E-state index is 5.87. The SMILES string of the molecule is Clc1ccc(OC2=CC=CCN2)cc1Cl. The minimum atomic E-state index is 0.487. The molecule has 1 aromatic rings. The molecule has 0 aromatic heterocycles. The number of ether oxygens (including phenoxy) is 1. The van der Waals surface area contributed by atoms with Crippen LogP contribution < -0.4 is 10.1 Å². The summed E-state index contributed by atoms with van der Waals surface area (Å²) in [6, 6.07) is 5.16. The molecule has 2 nitrogen and oxygen atoms in total. The molecule has 1 aromatic carbocycles. The second kappa shape index (κ2) is 4.60. The molecule has 0 saturated heterocycles. The van der Waals surface area contributed by atoms with Crippen LogP contribution in [0, 0.1) is 0 Å². The first kappa shape index (κ1) is 10.4. The first-order chi connectivity index (χ1) is 7.25. The van der Waals surface area contributed by atoms with E-state index in [2.05, 4.69) is 5.32 Å². The third kappa shape index (κ3) is 2.67. The standard InChI is InChI=1S/C11H9Cl2NO/c12-9-5-4-8(7-10(9)13)15-11-3-1-2-6-14-11/h1-5,7,14H,6H2. The molecule has 0 bridgehead atoms. The summed E-state index contributed by atoms with van der Waals surface area (Å²) < 4.78 is 5.55. The summed E-state index contributed by atoms with van der Waals surface area (Å²) in [6.45, 7) is 0.771. The van der Waals surface area contributed by atoms with Gasteiger partial charge in [-0.2, -0.15) is 0 Å². The molecule has 0 aliphatic carbocycles. The monoisotopic (exact) mass is 241 g/mol.